The molecular formula is C17H13ClN2O. The molecule has 0 aromatic heterocycles. The van der Waals surface area contributed by atoms with Gasteiger partial charge in [0.25, 0.3) is 0 Å². The summed E-state index contributed by atoms with van der Waals surface area (Å²) < 4.78 is 5.30. The van der Waals surface area contributed by atoms with E-state index in [1.54, 1.807) is 37.4 Å². The third-order valence-electron chi connectivity index (χ3n) is 3.25. The van der Waals surface area contributed by atoms with Gasteiger partial charge in [0.15, 0.2) is 0 Å². The van der Waals surface area contributed by atoms with Gasteiger partial charge in [-0.3, -0.25) is 0 Å². The molecule has 2 aromatic rings. The number of ether oxygens (including phenoxy) is 1. The number of hydrogen-bond acceptors (Lipinski definition) is 3. The van der Waals surface area contributed by atoms with E-state index in [-0.39, 0.29) is 5.92 Å². The maximum atomic E-state index is 9.45. The van der Waals surface area contributed by atoms with Crippen LogP contribution in [0.15, 0.2) is 42.5 Å². The summed E-state index contributed by atoms with van der Waals surface area (Å²) in [6, 6.07) is 16.9. The number of benzene rings is 2. The molecule has 0 N–H and O–H groups in total. The fraction of sp³-hybridized carbons (Fsp3) is 0.176. The topological polar surface area (TPSA) is 56.8 Å². The van der Waals surface area contributed by atoms with Gasteiger partial charge in [0.2, 0.25) is 0 Å². The Kier molecular flexibility index (Phi) is 4.82. The van der Waals surface area contributed by atoms with E-state index in [0.717, 1.165) is 11.1 Å². The molecule has 3 nitrogen and oxygen atoms in total. The Morgan fingerprint density at radius 3 is 2.43 bits per heavy atom. The monoisotopic (exact) mass is 296 g/mol. The molecule has 1 unspecified atom stereocenters. The number of rotatable bonds is 4. The molecule has 4 heteroatoms. The number of halogens is 1. The highest BCUT2D eigenvalue weighted by molar-refractivity contribution is 6.30. The van der Waals surface area contributed by atoms with Crippen LogP contribution in [0.3, 0.4) is 0 Å². The summed E-state index contributed by atoms with van der Waals surface area (Å²) in [6.07, 6.45) is 0.541. The van der Waals surface area contributed by atoms with Gasteiger partial charge in [-0.05, 0) is 42.3 Å². The average molecular weight is 297 g/mol. The van der Waals surface area contributed by atoms with E-state index >= 15 is 0 Å². The first-order valence-electron chi connectivity index (χ1n) is 6.40. The van der Waals surface area contributed by atoms with Crippen LogP contribution in [-0.2, 0) is 6.42 Å². The Hall–Kier alpha value is -2.49. The van der Waals surface area contributed by atoms with Gasteiger partial charge in [-0.2, -0.15) is 10.5 Å². The van der Waals surface area contributed by atoms with Crippen LogP contribution in [0, 0.1) is 22.7 Å². The third kappa shape index (κ3) is 3.54. The maximum absolute atomic E-state index is 9.45. The fourth-order valence-corrected chi connectivity index (χ4v) is 2.33. The molecule has 0 aliphatic carbocycles. The summed E-state index contributed by atoms with van der Waals surface area (Å²) in [5.74, 6) is 0.297. The van der Waals surface area contributed by atoms with E-state index in [2.05, 4.69) is 12.1 Å². The average Bonchev–Trinajstić information content (AvgIpc) is 2.53. The Bertz CT molecular complexity index is 711. The number of nitrogens with zero attached hydrogens (tertiary/aromatic N) is 2. The van der Waals surface area contributed by atoms with Crippen molar-refractivity contribution in [1.29, 1.82) is 10.5 Å². The maximum Gasteiger partial charge on any atom is 0.123 e. The third-order valence-corrected chi connectivity index (χ3v) is 3.48. The van der Waals surface area contributed by atoms with E-state index in [1.165, 1.54) is 0 Å². The summed E-state index contributed by atoms with van der Waals surface area (Å²) in [5.41, 5.74) is 2.37. The Balaban J connectivity index is 2.30. The summed E-state index contributed by atoms with van der Waals surface area (Å²) >= 11 is 6.02. The SMILES string of the molecule is COc1ccc(Cl)cc1C(C#N)Cc1ccc(C#N)cc1. The van der Waals surface area contributed by atoms with Crippen molar-refractivity contribution in [3.63, 3.8) is 0 Å². The first kappa shape index (κ1) is 14.9. The standard InChI is InChI=1S/C17H13ClN2O/c1-21-17-7-6-15(18)9-16(17)14(11-20)8-12-2-4-13(10-19)5-3-12/h2-7,9,14H,8H2,1H3. The Morgan fingerprint density at radius 1 is 1.14 bits per heavy atom. The number of hydrogen-bond donors (Lipinski definition) is 0. The molecule has 0 radical (unpaired) electrons. The zero-order valence-corrected chi connectivity index (χ0v) is 12.3. The number of methoxy groups -OCH3 is 1. The summed E-state index contributed by atoms with van der Waals surface area (Å²) in [7, 11) is 1.57. The largest absolute Gasteiger partial charge is 0.496 e. The highest BCUT2D eigenvalue weighted by Gasteiger charge is 2.17. The molecule has 2 aromatic carbocycles. The molecule has 0 amide bonds. The second kappa shape index (κ2) is 6.79. The van der Waals surface area contributed by atoms with Crippen LogP contribution in [-0.4, -0.2) is 7.11 Å². The lowest BCUT2D eigenvalue weighted by Crippen LogP contribution is -2.03. The first-order chi connectivity index (χ1) is 10.2. The lowest BCUT2D eigenvalue weighted by molar-refractivity contribution is 0.408. The molecule has 0 bridgehead atoms. The van der Waals surface area contributed by atoms with Crippen LogP contribution in [0.4, 0.5) is 0 Å². The van der Waals surface area contributed by atoms with E-state index < -0.39 is 0 Å². The van der Waals surface area contributed by atoms with Gasteiger partial charge in [-0.25, -0.2) is 0 Å². The molecule has 0 aliphatic heterocycles. The first-order valence-corrected chi connectivity index (χ1v) is 6.78. The molecule has 0 heterocycles. The molecule has 0 fully saturated rings. The molecule has 21 heavy (non-hydrogen) atoms. The van der Waals surface area contributed by atoms with Crippen molar-refractivity contribution >= 4 is 11.6 Å². The van der Waals surface area contributed by atoms with Crippen molar-refractivity contribution in [2.75, 3.05) is 7.11 Å². The summed E-state index contributed by atoms with van der Waals surface area (Å²) in [4.78, 5) is 0. The molecule has 0 spiro atoms. The van der Waals surface area contributed by atoms with Gasteiger partial charge in [-0.1, -0.05) is 23.7 Å². The normalized spacial score (nSPS) is 11.2. The highest BCUT2D eigenvalue weighted by atomic mass is 35.5. The van der Waals surface area contributed by atoms with Crippen LogP contribution >= 0.6 is 11.6 Å². The van der Waals surface area contributed by atoms with Gasteiger partial charge in [0, 0.05) is 10.6 Å². The molecule has 0 saturated carbocycles. The van der Waals surface area contributed by atoms with Crippen LogP contribution in [0.2, 0.25) is 5.02 Å². The van der Waals surface area contributed by atoms with Crippen molar-refractivity contribution < 1.29 is 4.74 Å². The second-order valence-corrected chi connectivity index (χ2v) is 5.02. The zero-order valence-electron chi connectivity index (χ0n) is 11.5. The van der Waals surface area contributed by atoms with Crippen LogP contribution in [0.25, 0.3) is 0 Å². The second-order valence-electron chi connectivity index (χ2n) is 4.58. The van der Waals surface area contributed by atoms with E-state index in [4.69, 9.17) is 21.6 Å². The quantitative estimate of drug-likeness (QED) is 0.854. The minimum Gasteiger partial charge on any atom is -0.496 e. The van der Waals surface area contributed by atoms with Crippen molar-refractivity contribution in [2.24, 2.45) is 0 Å². The van der Waals surface area contributed by atoms with E-state index in [1.807, 2.05) is 12.1 Å². The molecule has 0 saturated heterocycles. The lowest BCUT2D eigenvalue weighted by atomic mass is 9.92. The summed E-state index contributed by atoms with van der Waals surface area (Å²) in [6.45, 7) is 0. The molecule has 104 valence electrons. The predicted octanol–water partition coefficient (Wildman–Crippen LogP) is 4.07. The van der Waals surface area contributed by atoms with Gasteiger partial charge < -0.3 is 4.74 Å². The molecule has 0 aliphatic rings. The van der Waals surface area contributed by atoms with Gasteiger partial charge in [0.05, 0.1) is 30.7 Å². The van der Waals surface area contributed by atoms with Crippen LogP contribution in [0.5, 0.6) is 5.75 Å². The van der Waals surface area contributed by atoms with E-state index in [9.17, 15) is 5.26 Å². The Labute approximate surface area is 129 Å². The molecular weight excluding hydrogens is 284 g/mol. The predicted molar refractivity (Wildman–Crippen MR) is 81.2 cm³/mol. The Morgan fingerprint density at radius 2 is 1.86 bits per heavy atom. The van der Waals surface area contributed by atoms with E-state index in [0.29, 0.717) is 22.8 Å². The highest BCUT2D eigenvalue weighted by Crippen LogP contribution is 2.31. The van der Waals surface area contributed by atoms with Crippen molar-refractivity contribution in [1.82, 2.24) is 0 Å². The van der Waals surface area contributed by atoms with Crippen LogP contribution < -0.4 is 4.74 Å². The van der Waals surface area contributed by atoms with Gasteiger partial charge >= 0.3 is 0 Å². The van der Waals surface area contributed by atoms with Crippen molar-refractivity contribution in [3.05, 3.63) is 64.2 Å². The van der Waals surface area contributed by atoms with Crippen molar-refractivity contribution in [3.8, 4) is 17.9 Å². The smallest absolute Gasteiger partial charge is 0.123 e. The van der Waals surface area contributed by atoms with Crippen molar-refractivity contribution in [2.45, 2.75) is 12.3 Å². The fourth-order valence-electron chi connectivity index (χ4n) is 2.15. The zero-order chi connectivity index (χ0) is 15.2. The minimum absolute atomic E-state index is 0.355. The van der Waals surface area contributed by atoms with Crippen LogP contribution in [0.1, 0.15) is 22.6 Å². The lowest BCUT2D eigenvalue weighted by Gasteiger charge is -2.14. The number of nitriles is 2. The molecule has 1 atom stereocenters. The van der Waals surface area contributed by atoms with Gasteiger partial charge in [0.1, 0.15) is 5.75 Å². The minimum atomic E-state index is -0.355. The van der Waals surface area contributed by atoms with Gasteiger partial charge in [-0.15, -0.1) is 0 Å². The summed E-state index contributed by atoms with van der Waals surface area (Å²) in [5, 5.41) is 18.8. The molecule has 2 rings (SSSR count).